The molecule has 2 saturated heterocycles. The van der Waals surface area contributed by atoms with E-state index in [0.29, 0.717) is 13.0 Å². The quantitative estimate of drug-likeness (QED) is 0.640. The zero-order chi connectivity index (χ0) is 21.8. The molecule has 2 unspecified atom stereocenters. The fourth-order valence-electron chi connectivity index (χ4n) is 4.31. The van der Waals surface area contributed by atoms with Gasteiger partial charge in [0.25, 0.3) is 0 Å². The molecule has 4 rings (SSSR count). The minimum Gasteiger partial charge on any atom is -0.347 e. The minimum absolute atomic E-state index is 0.129. The highest BCUT2D eigenvalue weighted by atomic mass is 79.9. The van der Waals surface area contributed by atoms with E-state index in [-0.39, 0.29) is 17.9 Å². The van der Waals surface area contributed by atoms with Gasteiger partial charge in [-0.2, -0.15) is 0 Å². The van der Waals surface area contributed by atoms with Gasteiger partial charge in [-0.05, 0) is 47.1 Å². The van der Waals surface area contributed by atoms with Crippen molar-refractivity contribution in [3.05, 3.63) is 64.6 Å². The Morgan fingerprint density at radius 1 is 1.03 bits per heavy atom. The Bertz CT molecular complexity index is 915. The van der Waals surface area contributed by atoms with Crippen LogP contribution in [-0.2, 0) is 9.59 Å². The number of rotatable bonds is 6. The first-order valence-corrected chi connectivity index (χ1v) is 11.6. The number of para-hydroxylation sites is 1. The summed E-state index contributed by atoms with van der Waals surface area (Å²) in [5, 5.41) is 3.20. The molecule has 0 bridgehead atoms. The standard InChI is InChI=1S/C24H29BrN4O2/c1-27-13-15-28(16-14-27)17-21(18-7-3-2-4-8-18)26-23(30)19-11-12-29(24(19)31)22-10-6-5-9-20(22)25/h2-10,19,21H,11-17H2,1H3,(H,26,30). The number of anilines is 1. The number of likely N-dealkylation sites (N-methyl/N-ethyl adjacent to an activating group) is 1. The van der Waals surface area contributed by atoms with Gasteiger partial charge in [0.2, 0.25) is 11.8 Å². The third-order valence-electron chi connectivity index (χ3n) is 6.22. The molecular weight excluding hydrogens is 456 g/mol. The molecule has 2 aromatic rings. The zero-order valence-electron chi connectivity index (χ0n) is 17.8. The molecular formula is C24H29BrN4O2. The fourth-order valence-corrected chi connectivity index (χ4v) is 4.81. The normalized spacial score (nSPS) is 21.3. The van der Waals surface area contributed by atoms with Crippen molar-refractivity contribution in [2.75, 3.05) is 51.2 Å². The maximum absolute atomic E-state index is 13.2. The van der Waals surface area contributed by atoms with E-state index in [0.717, 1.165) is 48.4 Å². The van der Waals surface area contributed by atoms with Gasteiger partial charge in [-0.15, -0.1) is 0 Å². The molecule has 1 N–H and O–H groups in total. The number of carbonyl (C=O) groups excluding carboxylic acids is 2. The predicted octanol–water partition coefficient (Wildman–Crippen LogP) is 2.91. The lowest BCUT2D eigenvalue weighted by molar-refractivity contribution is -0.132. The van der Waals surface area contributed by atoms with Gasteiger partial charge in [0, 0.05) is 43.7 Å². The van der Waals surface area contributed by atoms with Crippen molar-refractivity contribution in [3.63, 3.8) is 0 Å². The van der Waals surface area contributed by atoms with E-state index in [1.165, 1.54) is 0 Å². The van der Waals surface area contributed by atoms with E-state index in [1.807, 2.05) is 54.6 Å². The predicted molar refractivity (Wildman–Crippen MR) is 126 cm³/mol. The van der Waals surface area contributed by atoms with Gasteiger partial charge >= 0.3 is 0 Å². The molecule has 0 aromatic heterocycles. The first kappa shape index (κ1) is 22.0. The van der Waals surface area contributed by atoms with Gasteiger partial charge in [-0.3, -0.25) is 14.5 Å². The number of hydrogen-bond acceptors (Lipinski definition) is 4. The van der Waals surface area contributed by atoms with Crippen molar-refractivity contribution in [1.29, 1.82) is 0 Å². The molecule has 164 valence electrons. The molecule has 0 aliphatic carbocycles. The molecule has 2 aliphatic heterocycles. The highest BCUT2D eigenvalue weighted by molar-refractivity contribution is 9.10. The summed E-state index contributed by atoms with van der Waals surface area (Å²) in [6.45, 7) is 5.31. The summed E-state index contributed by atoms with van der Waals surface area (Å²) in [5.74, 6) is -0.954. The van der Waals surface area contributed by atoms with E-state index in [1.54, 1.807) is 4.90 Å². The number of nitrogens with one attached hydrogen (secondary N) is 1. The third-order valence-corrected chi connectivity index (χ3v) is 6.89. The maximum atomic E-state index is 13.2. The Morgan fingerprint density at radius 3 is 2.42 bits per heavy atom. The SMILES string of the molecule is CN1CCN(CC(NC(=O)C2CCN(c3ccccc3Br)C2=O)c2ccccc2)CC1. The molecule has 2 aromatic carbocycles. The van der Waals surface area contributed by atoms with Crippen LogP contribution in [0.3, 0.4) is 0 Å². The topological polar surface area (TPSA) is 55.9 Å². The van der Waals surface area contributed by atoms with Gasteiger partial charge in [0.1, 0.15) is 5.92 Å². The van der Waals surface area contributed by atoms with Gasteiger partial charge in [0.05, 0.1) is 11.7 Å². The molecule has 6 nitrogen and oxygen atoms in total. The molecule has 2 fully saturated rings. The van der Waals surface area contributed by atoms with Crippen LogP contribution in [0.2, 0.25) is 0 Å². The number of benzene rings is 2. The molecule has 31 heavy (non-hydrogen) atoms. The molecule has 2 aliphatic rings. The Labute approximate surface area is 192 Å². The highest BCUT2D eigenvalue weighted by Crippen LogP contribution is 2.31. The molecule has 2 heterocycles. The Hall–Kier alpha value is -2.22. The van der Waals surface area contributed by atoms with Crippen molar-refractivity contribution in [2.45, 2.75) is 12.5 Å². The molecule has 2 atom stereocenters. The summed E-state index contributed by atoms with van der Waals surface area (Å²) in [6.07, 6.45) is 0.530. The minimum atomic E-state index is -0.647. The van der Waals surface area contributed by atoms with Gasteiger partial charge in [0.15, 0.2) is 0 Å². The molecule has 7 heteroatoms. The number of carbonyl (C=O) groups is 2. The second kappa shape index (κ2) is 9.94. The van der Waals surface area contributed by atoms with Crippen molar-refractivity contribution < 1.29 is 9.59 Å². The highest BCUT2D eigenvalue weighted by Gasteiger charge is 2.39. The summed E-state index contributed by atoms with van der Waals surface area (Å²) in [6, 6.07) is 17.6. The Balaban J connectivity index is 1.46. The smallest absolute Gasteiger partial charge is 0.239 e. The van der Waals surface area contributed by atoms with E-state index >= 15 is 0 Å². The fraction of sp³-hybridized carbons (Fsp3) is 0.417. The van der Waals surface area contributed by atoms with Crippen LogP contribution in [0, 0.1) is 5.92 Å². The monoisotopic (exact) mass is 484 g/mol. The molecule has 0 spiro atoms. The average Bonchev–Trinajstić information content (AvgIpc) is 3.17. The van der Waals surface area contributed by atoms with Crippen LogP contribution in [0.25, 0.3) is 0 Å². The summed E-state index contributed by atoms with van der Waals surface area (Å²) < 4.78 is 0.863. The number of nitrogens with zero attached hydrogens (tertiary/aromatic N) is 3. The number of amides is 2. The van der Waals surface area contributed by atoms with Crippen molar-refractivity contribution in [2.24, 2.45) is 5.92 Å². The first-order chi connectivity index (χ1) is 15.0. The van der Waals surface area contributed by atoms with Crippen molar-refractivity contribution in [1.82, 2.24) is 15.1 Å². The first-order valence-electron chi connectivity index (χ1n) is 10.8. The second-order valence-corrected chi connectivity index (χ2v) is 9.21. The van der Waals surface area contributed by atoms with E-state index in [4.69, 9.17) is 0 Å². The molecule has 0 saturated carbocycles. The van der Waals surface area contributed by atoms with E-state index < -0.39 is 5.92 Å². The van der Waals surface area contributed by atoms with E-state index in [9.17, 15) is 9.59 Å². The van der Waals surface area contributed by atoms with Crippen molar-refractivity contribution >= 4 is 33.4 Å². The Morgan fingerprint density at radius 2 is 1.71 bits per heavy atom. The van der Waals surface area contributed by atoms with Crippen LogP contribution < -0.4 is 10.2 Å². The lowest BCUT2D eigenvalue weighted by atomic mass is 10.0. The number of piperazine rings is 1. The summed E-state index contributed by atoms with van der Waals surface area (Å²) in [5.41, 5.74) is 1.89. The van der Waals surface area contributed by atoms with Crippen molar-refractivity contribution in [3.8, 4) is 0 Å². The zero-order valence-corrected chi connectivity index (χ0v) is 19.4. The van der Waals surface area contributed by atoms with Crippen LogP contribution >= 0.6 is 15.9 Å². The van der Waals surface area contributed by atoms with Gasteiger partial charge in [-0.1, -0.05) is 42.5 Å². The van der Waals surface area contributed by atoms with Gasteiger partial charge < -0.3 is 15.1 Å². The van der Waals surface area contributed by atoms with Gasteiger partial charge in [-0.25, -0.2) is 0 Å². The molecule has 0 radical (unpaired) electrons. The number of hydrogen-bond donors (Lipinski definition) is 1. The van der Waals surface area contributed by atoms with Crippen LogP contribution in [0.1, 0.15) is 18.0 Å². The largest absolute Gasteiger partial charge is 0.347 e. The summed E-state index contributed by atoms with van der Waals surface area (Å²) >= 11 is 3.52. The summed E-state index contributed by atoms with van der Waals surface area (Å²) in [7, 11) is 2.14. The van der Waals surface area contributed by atoms with E-state index in [2.05, 4.69) is 38.1 Å². The van der Waals surface area contributed by atoms with Crippen LogP contribution in [0.4, 0.5) is 5.69 Å². The maximum Gasteiger partial charge on any atom is 0.239 e. The molecule has 2 amide bonds. The lowest BCUT2D eigenvalue weighted by Crippen LogP contribution is -2.48. The van der Waals surface area contributed by atoms with Crippen LogP contribution in [-0.4, -0.2) is 67.9 Å². The lowest BCUT2D eigenvalue weighted by Gasteiger charge is -2.35. The van der Waals surface area contributed by atoms with Crippen LogP contribution in [0.15, 0.2) is 59.1 Å². The average molecular weight is 485 g/mol. The third kappa shape index (κ3) is 5.17. The summed E-state index contributed by atoms with van der Waals surface area (Å²) in [4.78, 5) is 32.7. The van der Waals surface area contributed by atoms with Crippen LogP contribution in [0.5, 0.6) is 0 Å². The Kier molecular flexibility index (Phi) is 7.05. The second-order valence-electron chi connectivity index (χ2n) is 8.36. The number of halogens is 1.